The Hall–Kier alpha value is -1.56. The summed E-state index contributed by atoms with van der Waals surface area (Å²) in [6, 6.07) is 0. The first-order chi connectivity index (χ1) is 9.63. The second-order valence-corrected chi connectivity index (χ2v) is 5.16. The first-order valence-corrected chi connectivity index (χ1v) is 7.28. The third-order valence-corrected chi connectivity index (χ3v) is 3.65. The average molecular weight is 299 g/mol. The predicted octanol–water partition coefficient (Wildman–Crippen LogP) is 1.30. The monoisotopic (exact) mass is 298 g/mol. The van der Waals surface area contributed by atoms with Crippen LogP contribution in [0.25, 0.3) is 0 Å². The largest absolute Gasteiger partial charge is 0.351 e. The quantitative estimate of drug-likeness (QED) is 0.805. The number of aryl methyl sites for hydroxylation is 1. The Kier molecular flexibility index (Phi) is 5.00. The van der Waals surface area contributed by atoms with Gasteiger partial charge in [-0.15, -0.1) is 0 Å². The second kappa shape index (κ2) is 6.74. The van der Waals surface area contributed by atoms with E-state index in [0.717, 1.165) is 19.4 Å². The summed E-state index contributed by atoms with van der Waals surface area (Å²) in [6.07, 6.45) is 3.81. The first-order valence-electron chi connectivity index (χ1n) is 6.90. The van der Waals surface area contributed by atoms with Gasteiger partial charge in [-0.2, -0.15) is 5.10 Å². The van der Waals surface area contributed by atoms with Gasteiger partial charge in [-0.1, -0.05) is 11.6 Å². The lowest BCUT2D eigenvalue weighted by Crippen LogP contribution is -2.31. The normalized spacial score (nSPS) is 14.9. The standard InChI is InChI=1S/C13H19ClN4O2/c1-2-18-12(10(14)9-16-18)13(20)15-6-4-8-17-7-3-5-11(17)19/h9H,2-8H2,1H3,(H,15,20). The molecule has 0 aromatic carbocycles. The molecule has 1 fully saturated rings. The Labute approximate surface area is 123 Å². The molecule has 0 spiro atoms. The first kappa shape index (κ1) is 14.8. The van der Waals surface area contributed by atoms with Crippen molar-refractivity contribution >= 4 is 23.4 Å². The predicted molar refractivity (Wildman–Crippen MR) is 75.7 cm³/mol. The third kappa shape index (κ3) is 3.30. The summed E-state index contributed by atoms with van der Waals surface area (Å²) in [5, 5.41) is 7.20. The molecule has 7 heteroatoms. The van der Waals surface area contributed by atoms with Gasteiger partial charge in [0.15, 0.2) is 0 Å². The molecule has 0 saturated carbocycles. The number of nitrogens with one attached hydrogen (secondary N) is 1. The Morgan fingerprint density at radius 1 is 1.55 bits per heavy atom. The number of aromatic nitrogens is 2. The van der Waals surface area contributed by atoms with Gasteiger partial charge in [0, 0.05) is 32.6 Å². The topological polar surface area (TPSA) is 67.2 Å². The number of amides is 2. The molecule has 2 amide bonds. The summed E-state index contributed by atoms with van der Waals surface area (Å²) in [5.74, 6) is -0.00877. The minimum atomic E-state index is -0.220. The van der Waals surface area contributed by atoms with Gasteiger partial charge in [0.25, 0.3) is 5.91 Å². The van der Waals surface area contributed by atoms with Crippen molar-refractivity contribution < 1.29 is 9.59 Å². The molecule has 0 unspecified atom stereocenters. The molecule has 1 saturated heterocycles. The Morgan fingerprint density at radius 2 is 2.35 bits per heavy atom. The fourth-order valence-electron chi connectivity index (χ4n) is 2.32. The van der Waals surface area contributed by atoms with Crippen molar-refractivity contribution in [1.82, 2.24) is 20.0 Å². The van der Waals surface area contributed by atoms with Crippen LogP contribution in [-0.4, -0.2) is 46.1 Å². The zero-order valence-electron chi connectivity index (χ0n) is 11.6. The molecule has 1 aromatic rings. The molecule has 0 bridgehead atoms. The molecule has 2 heterocycles. The Bertz CT molecular complexity index is 501. The maximum atomic E-state index is 12.0. The SMILES string of the molecule is CCn1ncc(Cl)c1C(=O)NCCCN1CCCC1=O. The summed E-state index contributed by atoms with van der Waals surface area (Å²) < 4.78 is 1.57. The van der Waals surface area contributed by atoms with E-state index in [9.17, 15) is 9.59 Å². The van der Waals surface area contributed by atoms with Gasteiger partial charge in [0.2, 0.25) is 5.91 Å². The highest BCUT2D eigenvalue weighted by Gasteiger charge is 2.20. The molecule has 2 rings (SSSR count). The van der Waals surface area contributed by atoms with Crippen LogP contribution in [0.3, 0.4) is 0 Å². The summed E-state index contributed by atoms with van der Waals surface area (Å²) in [7, 11) is 0. The third-order valence-electron chi connectivity index (χ3n) is 3.37. The van der Waals surface area contributed by atoms with E-state index in [1.54, 1.807) is 4.68 Å². The van der Waals surface area contributed by atoms with E-state index in [1.807, 2.05) is 11.8 Å². The second-order valence-electron chi connectivity index (χ2n) is 4.75. The molecular weight excluding hydrogens is 280 g/mol. The number of rotatable bonds is 6. The molecule has 1 aliphatic heterocycles. The summed E-state index contributed by atoms with van der Waals surface area (Å²) in [5.41, 5.74) is 0.395. The van der Waals surface area contributed by atoms with Crippen LogP contribution in [0.5, 0.6) is 0 Å². The number of carbonyl (C=O) groups excluding carboxylic acids is 2. The van der Waals surface area contributed by atoms with E-state index >= 15 is 0 Å². The van der Waals surface area contributed by atoms with E-state index < -0.39 is 0 Å². The maximum absolute atomic E-state index is 12.0. The van der Waals surface area contributed by atoms with Gasteiger partial charge in [0.05, 0.1) is 11.2 Å². The molecule has 1 N–H and O–H groups in total. The van der Waals surface area contributed by atoms with Gasteiger partial charge in [-0.05, 0) is 19.8 Å². The highest BCUT2D eigenvalue weighted by atomic mass is 35.5. The number of carbonyl (C=O) groups is 2. The van der Waals surface area contributed by atoms with Gasteiger partial charge in [-0.3, -0.25) is 14.3 Å². The van der Waals surface area contributed by atoms with Crippen LogP contribution in [0.4, 0.5) is 0 Å². The summed E-state index contributed by atoms with van der Waals surface area (Å²) >= 11 is 5.96. The van der Waals surface area contributed by atoms with E-state index in [4.69, 9.17) is 11.6 Å². The van der Waals surface area contributed by atoms with Crippen LogP contribution in [0.1, 0.15) is 36.7 Å². The van der Waals surface area contributed by atoms with Crippen molar-refractivity contribution in [3.05, 3.63) is 16.9 Å². The minimum absolute atomic E-state index is 0.212. The number of nitrogens with zero attached hydrogens (tertiary/aromatic N) is 3. The van der Waals surface area contributed by atoms with Crippen LogP contribution in [0.15, 0.2) is 6.20 Å². The Balaban J connectivity index is 1.77. The van der Waals surface area contributed by atoms with Crippen molar-refractivity contribution in [3.63, 3.8) is 0 Å². The van der Waals surface area contributed by atoms with Crippen LogP contribution in [0, 0.1) is 0 Å². The molecule has 20 heavy (non-hydrogen) atoms. The smallest absolute Gasteiger partial charge is 0.271 e. The van der Waals surface area contributed by atoms with Crippen molar-refractivity contribution in [2.45, 2.75) is 32.7 Å². The molecule has 1 aliphatic rings. The lowest BCUT2D eigenvalue weighted by Gasteiger charge is -2.15. The van der Waals surface area contributed by atoms with Crippen LogP contribution < -0.4 is 5.32 Å². The highest BCUT2D eigenvalue weighted by Crippen LogP contribution is 2.14. The fraction of sp³-hybridized carbons (Fsp3) is 0.615. The number of likely N-dealkylation sites (tertiary alicyclic amines) is 1. The highest BCUT2D eigenvalue weighted by molar-refractivity contribution is 6.33. The van der Waals surface area contributed by atoms with E-state index in [0.29, 0.717) is 36.8 Å². The summed E-state index contributed by atoms with van der Waals surface area (Å²) in [4.78, 5) is 25.3. The molecule has 6 nitrogen and oxygen atoms in total. The van der Waals surface area contributed by atoms with Crippen molar-refractivity contribution in [2.75, 3.05) is 19.6 Å². The molecule has 1 aromatic heterocycles. The molecule has 0 aliphatic carbocycles. The van der Waals surface area contributed by atoms with Crippen LogP contribution in [0.2, 0.25) is 5.02 Å². The maximum Gasteiger partial charge on any atom is 0.271 e. The Morgan fingerprint density at radius 3 is 3.00 bits per heavy atom. The minimum Gasteiger partial charge on any atom is -0.351 e. The van der Waals surface area contributed by atoms with Gasteiger partial charge >= 0.3 is 0 Å². The lowest BCUT2D eigenvalue weighted by molar-refractivity contribution is -0.127. The van der Waals surface area contributed by atoms with Gasteiger partial charge in [-0.25, -0.2) is 0 Å². The number of hydrogen-bond acceptors (Lipinski definition) is 3. The van der Waals surface area contributed by atoms with Crippen LogP contribution >= 0.6 is 11.6 Å². The van der Waals surface area contributed by atoms with E-state index in [1.165, 1.54) is 6.20 Å². The average Bonchev–Trinajstić information content (AvgIpc) is 3.00. The number of halogens is 1. The molecule has 110 valence electrons. The molecular formula is C13H19ClN4O2. The van der Waals surface area contributed by atoms with Crippen molar-refractivity contribution in [1.29, 1.82) is 0 Å². The van der Waals surface area contributed by atoms with Gasteiger partial charge < -0.3 is 10.2 Å². The zero-order valence-corrected chi connectivity index (χ0v) is 12.3. The van der Waals surface area contributed by atoms with Crippen LogP contribution in [-0.2, 0) is 11.3 Å². The zero-order chi connectivity index (χ0) is 14.5. The van der Waals surface area contributed by atoms with Crippen molar-refractivity contribution in [2.24, 2.45) is 0 Å². The van der Waals surface area contributed by atoms with Gasteiger partial charge in [0.1, 0.15) is 5.69 Å². The molecule has 0 radical (unpaired) electrons. The van der Waals surface area contributed by atoms with E-state index in [2.05, 4.69) is 10.4 Å². The fourth-order valence-corrected chi connectivity index (χ4v) is 2.55. The number of hydrogen-bond donors (Lipinski definition) is 1. The van der Waals surface area contributed by atoms with Crippen molar-refractivity contribution in [3.8, 4) is 0 Å². The lowest BCUT2D eigenvalue weighted by atomic mass is 10.3. The summed E-state index contributed by atoms with van der Waals surface area (Å²) in [6.45, 7) is 4.55. The molecule has 0 atom stereocenters. The van der Waals surface area contributed by atoms with E-state index in [-0.39, 0.29) is 11.8 Å².